The van der Waals surface area contributed by atoms with E-state index in [0.29, 0.717) is 0 Å². The maximum absolute atomic E-state index is 10.0. The Morgan fingerprint density at radius 3 is 2.57 bits per heavy atom. The molecule has 1 aromatic rings. The van der Waals surface area contributed by atoms with Crippen LogP contribution in [-0.4, -0.2) is 4.37 Å². The summed E-state index contributed by atoms with van der Waals surface area (Å²) in [5.41, 5.74) is -0.0139. The molecule has 0 unspecified atom stereocenters. The topological polar surface area (TPSA) is 32.9 Å². The Morgan fingerprint density at radius 1 is 1.71 bits per heavy atom. The van der Waals surface area contributed by atoms with E-state index < -0.39 is 0 Å². The van der Waals surface area contributed by atoms with E-state index in [9.17, 15) is 4.79 Å². The first-order valence-corrected chi connectivity index (χ1v) is 2.40. The van der Waals surface area contributed by atoms with Crippen LogP contribution < -0.4 is 5.56 Å². The second kappa shape index (κ2) is 3.11. The summed E-state index contributed by atoms with van der Waals surface area (Å²) in [5, 5.41) is 1.71. The number of hydrogen-bond donors (Lipinski definition) is 1. The molecule has 34 valence electrons. The van der Waals surface area contributed by atoms with E-state index in [0.717, 1.165) is 0 Å². The SMILES string of the molecule is O=c1ccs[nH]1.[Zn]. The molecule has 4 heteroatoms. The van der Waals surface area contributed by atoms with Crippen molar-refractivity contribution in [2.75, 3.05) is 0 Å². The van der Waals surface area contributed by atoms with Crippen LogP contribution in [-0.2, 0) is 19.5 Å². The maximum Gasteiger partial charge on any atom is 0.257 e. The average Bonchev–Trinajstić information content (AvgIpc) is 1.86. The Labute approximate surface area is 57.5 Å². The fourth-order valence-electron chi connectivity index (χ4n) is 0.222. The summed E-state index contributed by atoms with van der Waals surface area (Å²) in [6.07, 6.45) is 0. The van der Waals surface area contributed by atoms with Crippen molar-refractivity contribution in [2.45, 2.75) is 0 Å². The molecule has 1 N–H and O–H groups in total. The van der Waals surface area contributed by atoms with Gasteiger partial charge in [-0.3, -0.25) is 9.17 Å². The summed E-state index contributed by atoms with van der Waals surface area (Å²) in [5.74, 6) is 0. The van der Waals surface area contributed by atoms with Gasteiger partial charge < -0.3 is 0 Å². The second-order valence-electron chi connectivity index (χ2n) is 0.887. The first-order valence-electron chi connectivity index (χ1n) is 1.52. The predicted octanol–water partition coefficient (Wildman–Crippen LogP) is 0.434. The molecule has 0 saturated heterocycles. The third-order valence-electron chi connectivity index (χ3n) is 0.447. The number of rotatable bonds is 0. The van der Waals surface area contributed by atoms with E-state index in [4.69, 9.17) is 0 Å². The van der Waals surface area contributed by atoms with Crippen molar-refractivity contribution in [3.05, 3.63) is 21.8 Å². The molecule has 0 spiro atoms. The van der Waals surface area contributed by atoms with Gasteiger partial charge in [-0.05, 0) is 0 Å². The van der Waals surface area contributed by atoms with Crippen molar-refractivity contribution >= 4 is 11.5 Å². The van der Waals surface area contributed by atoms with Gasteiger partial charge >= 0.3 is 0 Å². The molecule has 2 nitrogen and oxygen atoms in total. The Hall–Kier alpha value is 0.0534. The second-order valence-corrected chi connectivity index (χ2v) is 1.60. The van der Waals surface area contributed by atoms with Crippen molar-refractivity contribution in [1.82, 2.24) is 4.37 Å². The van der Waals surface area contributed by atoms with Crippen molar-refractivity contribution in [1.29, 1.82) is 0 Å². The molecule has 1 rings (SSSR count). The van der Waals surface area contributed by atoms with Crippen LogP contribution in [0.5, 0.6) is 0 Å². The van der Waals surface area contributed by atoms with Crippen molar-refractivity contribution in [2.24, 2.45) is 0 Å². The summed E-state index contributed by atoms with van der Waals surface area (Å²) in [7, 11) is 0. The van der Waals surface area contributed by atoms with Gasteiger partial charge in [-0.1, -0.05) is 11.5 Å². The molecule has 0 amide bonds. The molecular formula is C3H3NOSZn. The standard InChI is InChI=1S/C3H3NOS.Zn/c5-3-1-2-6-4-3;/h1-2H,(H,4,5);. The van der Waals surface area contributed by atoms with Crippen molar-refractivity contribution in [3.8, 4) is 0 Å². The molecular weight excluding hydrogens is 163 g/mol. The number of hydrogen-bond acceptors (Lipinski definition) is 2. The van der Waals surface area contributed by atoms with Crippen LogP contribution >= 0.6 is 11.5 Å². The van der Waals surface area contributed by atoms with Crippen LogP contribution in [0, 0.1) is 0 Å². The van der Waals surface area contributed by atoms with Crippen LogP contribution in [0.4, 0.5) is 0 Å². The zero-order chi connectivity index (χ0) is 4.41. The van der Waals surface area contributed by atoms with Gasteiger partial charge in [0.15, 0.2) is 0 Å². The Kier molecular flexibility index (Phi) is 3.13. The zero-order valence-electron chi connectivity index (χ0n) is 3.68. The average molecular weight is 167 g/mol. The Balaban J connectivity index is 0.000000360. The molecule has 7 heavy (non-hydrogen) atoms. The largest absolute Gasteiger partial charge is 0.278 e. The summed E-state index contributed by atoms with van der Waals surface area (Å²) >= 11 is 1.30. The molecule has 0 bridgehead atoms. The minimum atomic E-state index is -0.0139. The number of aromatic amines is 1. The van der Waals surface area contributed by atoms with Crippen molar-refractivity contribution in [3.63, 3.8) is 0 Å². The minimum Gasteiger partial charge on any atom is -0.278 e. The molecule has 0 aliphatic carbocycles. The van der Waals surface area contributed by atoms with Crippen LogP contribution in [0.2, 0.25) is 0 Å². The van der Waals surface area contributed by atoms with Gasteiger partial charge in [-0.15, -0.1) is 0 Å². The molecule has 0 aliphatic heterocycles. The maximum atomic E-state index is 10.0. The van der Waals surface area contributed by atoms with E-state index in [2.05, 4.69) is 4.37 Å². The van der Waals surface area contributed by atoms with Gasteiger partial charge in [0.05, 0.1) is 0 Å². The third-order valence-corrected chi connectivity index (χ3v) is 1.04. The fourth-order valence-corrected chi connectivity index (χ4v) is 0.666. The summed E-state index contributed by atoms with van der Waals surface area (Å²) in [6, 6.07) is 1.49. The van der Waals surface area contributed by atoms with E-state index in [1.54, 1.807) is 5.38 Å². The minimum absolute atomic E-state index is 0. The van der Waals surface area contributed by atoms with Gasteiger partial charge in [-0.2, -0.15) is 0 Å². The summed E-state index contributed by atoms with van der Waals surface area (Å²) in [4.78, 5) is 10.0. The summed E-state index contributed by atoms with van der Waals surface area (Å²) in [6.45, 7) is 0. The quantitative estimate of drug-likeness (QED) is 0.558. The normalized spacial score (nSPS) is 7.43. The van der Waals surface area contributed by atoms with Crippen molar-refractivity contribution < 1.29 is 19.5 Å². The molecule has 0 saturated carbocycles. The third kappa shape index (κ3) is 2.00. The Bertz CT molecular complexity index is 153. The number of H-pyrrole nitrogens is 1. The molecule has 1 aromatic heterocycles. The first kappa shape index (κ1) is 7.05. The van der Waals surface area contributed by atoms with E-state index in [1.165, 1.54) is 17.6 Å². The van der Waals surface area contributed by atoms with Gasteiger partial charge in [0, 0.05) is 30.9 Å². The molecule has 0 radical (unpaired) electrons. The molecule has 0 fully saturated rings. The number of aromatic nitrogens is 1. The van der Waals surface area contributed by atoms with Crippen LogP contribution in [0.25, 0.3) is 0 Å². The molecule has 0 atom stereocenters. The molecule has 0 aromatic carbocycles. The van der Waals surface area contributed by atoms with Gasteiger partial charge in [0.25, 0.3) is 5.56 Å². The van der Waals surface area contributed by atoms with E-state index in [-0.39, 0.29) is 25.0 Å². The predicted molar refractivity (Wildman–Crippen MR) is 24.9 cm³/mol. The van der Waals surface area contributed by atoms with Gasteiger partial charge in [-0.25, -0.2) is 0 Å². The molecule has 1 heterocycles. The Morgan fingerprint density at radius 2 is 2.43 bits per heavy atom. The smallest absolute Gasteiger partial charge is 0.257 e. The summed E-state index contributed by atoms with van der Waals surface area (Å²) < 4.78 is 2.49. The van der Waals surface area contributed by atoms with E-state index >= 15 is 0 Å². The zero-order valence-corrected chi connectivity index (χ0v) is 7.46. The molecule has 0 aliphatic rings. The number of nitrogens with one attached hydrogen (secondary N) is 1. The monoisotopic (exact) mass is 165 g/mol. The van der Waals surface area contributed by atoms with Crippen LogP contribution in [0.1, 0.15) is 0 Å². The van der Waals surface area contributed by atoms with Crippen LogP contribution in [0.15, 0.2) is 16.2 Å². The fraction of sp³-hybridized carbons (Fsp3) is 0. The van der Waals surface area contributed by atoms with Gasteiger partial charge in [0.1, 0.15) is 0 Å². The van der Waals surface area contributed by atoms with E-state index in [1.807, 2.05) is 0 Å². The van der Waals surface area contributed by atoms with Gasteiger partial charge in [0.2, 0.25) is 0 Å². The van der Waals surface area contributed by atoms with Crippen LogP contribution in [0.3, 0.4) is 0 Å². The first-order chi connectivity index (χ1) is 2.89.